The molecule has 0 aromatic heterocycles. The number of hydrazine groups is 1. The maximum Gasteiger partial charge on any atom is 0.275 e. The third-order valence-corrected chi connectivity index (χ3v) is 3.95. The zero-order valence-electron chi connectivity index (χ0n) is 11.9. The number of carbonyl (C=O) groups excluding carboxylic acids is 1. The molecule has 0 atom stereocenters. The monoisotopic (exact) mass is 287 g/mol. The lowest BCUT2D eigenvalue weighted by Gasteiger charge is -2.30. The van der Waals surface area contributed by atoms with Crippen molar-refractivity contribution < 1.29 is 4.79 Å². The first-order chi connectivity index (χ1) is 10.8. The third-order valence-electron chi connectivity index (χ3n) is 3.95. The number of hydrogen-bond acceptors (Lipinski definition) is 3. The van der Waals surface area contributed by atoms with Crippen LogP contribution in [-0.2, 0) is 6.54 Å². The molecule has 2 aliphatic rings. The molecular formula is C18H13N3O. The summed E-state index contributed by atoms with van der Waals surface area (Å²) in [6.45, 7) is 0.830. The molecule has 0 unspecified atom stereocenters. The van der Waals surface area contributed by atoms with E-state index >= 15 is 0 Å². The average molecular weight is 287 g/mol. The lowest BCUT2D eigenvalue weighted by atomic mass is 10.1. The SMILES string of the molecule is C#CCN1C(=O)c2ccccc2N=C2c3ccccc3CN21. The van der Waals surface area contributed by atoms with Gasteiger partial charge in [0.05, 0.1) is 17.8 Å². The molecule has 0 saturated carbocycles. The molecule has 106 valence electrons. The maximum atomic E-state index is 12.8. The molecule has 4 rings (SSSR count). The highest BCUT2D eigenvalue weighted by Crippen LogP contribution is 2.32. The minimum Gasteiger partial charge on any atom is -0.267 e. The Bertz CT molecular complexity index is 847. The fraction of sp³-hybridized carbons (Fsp3) is 0.111. The quantitative estimate of drug-likeness (QED) is 0.756. The summed E-state index contributed by atoms with van der Waals surface area (Å²) in [6.07, 6.45) is 5.47. The summed E-state index contributed by atoms with van der Waals surface area (Å²) >= 11 is 0. The predicted octanol–water partition coefficient (Wildman–Crippen LogP) is 2.58. The molecule has 4 heteroatoms. The molecule has 2 heterocycles. The van der Waals surface area contributed by atoms with Crippen LogP contribution in [0.25, 0.3) is 0 Å². The first-order valence-electron chi connectivity index (χ1n) is 7.08. The fourth-order valence-corrected chi connectivity index (χ4v) is 2.93. The zero-order valence-corrected chi connectivity index (χ0v) is 11.9. The van der Waals surface area contributed by atoms with Gasteiger partial charge in [0.2, 0.25) is 0 Å². The molecule has 0 saturated heterocycles. The number of fused-ring (bicyclic) bond motifs is 4. The molecule has 0 N–H and O–H groups in total. The number of amides is 1. The van der Waals surface area contributed by atoms with Gasteiger partial charge in [-0.3, -0.25) is 9.80 Å². The molecule has 1 amide bonds. The van der Waals surface area contributed by atoms with Crippen LogP contribution < -0.4 is 0 Å². The predicted molar refractivity (Wildman–Crippen MR) is 84.5 cm³/mol. The topological polar surface area (TPSA) is 35.9 Å². The minimum absolute atomic E-state index is 0.111. The van der Waals surface area contributed by atoms with E-state index in [1.807, 2.05) is 41.4 Å². The van der Waals surface area contributed by atoms with Crippen molar-refractivity contribution in [1.82, 2.24) is 10.0 Å². The smallest absolute Gasteiger partial charge is 0.267 e. The highest BCUT2D eigenvalue weighted by atomic mass is 16.2. The van der Waals surface area contributed by atoms with Crippen LogP contribution in [0.2, 0.25) is 0 Å². The van der Waals surface area contributed by atoms with Crippen LogP contribution >= 0.6 is 0 Å². The van der Waals surface area contributed by atoms with E-state index < -0.39 is 0 Å². The van der Waals surface area contributed by atoms with Crippen molar-refractivity contribution in [3.05, 3.63) is 65.2 Å². The number of aliphatic imine (C=N–C) groups is 1. The summed E-state index contributed by atoms with van der Waals surface area (Å²) in [5.74, 6) is 3.24. The van der Waals surface area contributed by atoms with Crippen LogP contribution in [0.4, 0.5) is 5.69 Å². The van der Waals surface area contributed by atoms with E-state index in [2.05, 4.69) is 12.0 Å². The van der Waals surface area contributed by atoms with Gasteiger partial charge in [-0.05, 0) is 17.7 Å². The van der Waals surface area contributed by atoms with E-state index in [0.29, 0.717) is 17.8 Å². The van der Waals surface area contributed by atoms with E-state index in [4.69, 9.17) is 11.4 Å². The summed E-state index contributed by atoms with van der Waals surface area (Å²) in [5, 5.41) is 3.48. The number of nitrogens with zero attached hydrogens (tertiary/aromatic N) is 3. The van der Waals surface area contributed by atoms with Gasteiger partial charge in [-0.1, -0.05) is 42.3 Å². The van der Waals surface area contributed by atoms with E-state index in [9.17, 15) is 4.79 Å². The summed E-state index contributed by atoms with van der Waals surface area (Å²) in [4.78, 5) is 17.6. The lowest BCUT2D eigenvalue weighted by molar-refractivity contribution is 0.0359. The van der Waals surface area contributed by atoms with Crippen LogP contribution in [0.1, 0.15) is 21.5 Å². The van der Waals surface area contributed by atoms with Crippen molar-refractivity contribution in [2.75, 3.05) is 6.54 Å². The maximum absolute atomic E-state index is 12.8. The first-order valence-corrected chi connectivity index (χ1v) is 7.08. The molecule has 0 spiro atoms. The van der Waals surface area contributed by atoms with Crippen molar-refractivity contribution in [2.45, 2.75) is 6.54 Å². The van der Waals surface area contributed by atoms with E-state index in [1.54, 1.807) is 11.1 Å². The number of amidine groups is 1. The van der Waals surface area contributed by atoms with Gasteiger partial charge in [0, 0.05) is 5.56 Å². The van der Waals surface area contributed by atoms with Crippen LogP contribution in [0, 0.1) is 12.3 Å². The zero-order chi connectivity index (χ0) is 15.1. The van der Waals surface area contributed by atoms with Gasteiger partial charge in [0.1, 0.15) is 6.54 Å². The van der Waals surface area contributed by atoms with Crippen LogP contribution in [0.3, 0.4) is 0 Å². The molecule has 0 aliphatic carbocycles. The summed E-state index contributed by atoms with van der Waals surface area (Å²) in [5.41, 5.74) is 3.46. The van der Waals surface area contributed by atoms with Crippen molar-refractivity contribution >= 4 is 17.4 Å². The van der Waals surface area contributed by atoms with Crippen molar-refractivity contribution in [3.63, 3.8) is 0 Å². The standard InChI is InChI=1S/C18H13N3O/c1-2-11-20-18(22)15-9-5-6-10-16(15)19-17-14-8-4-3-7-13(14)12-21(17)20/h1,3-10H,11-12H2. The number of rotatable bonds is 1. The Hall–Kier alpha value is -3.06. The number of carbonyl (C=O) groups is 1. The Labute approximate surface area is 128 Å². The Morgan fingerprint density at radius 3 is 2.64 bits per heavy atom. The number of para-hydroxylation sites is 1. The second kappa shape index (κ2) is 4.74. The molecule has 0 fully saturated rings. The van der Waals surface area contributed by atoms with E-state index in [1.165, 1.54) is 0 Å². The molecule has 0 bridgehead atoms. The van der Waals surface area contributed by atoms with Crippen molar-refractivity contribution in [1.29, 1.82) is 0 Å². The Morgan fingerprint density at radius 2 is 1.82 bits per heavy atom. The Morgan fingerprint density at radius 1 is 1.09 bits per heavy atom. The van der Waals surface area contributed by atoms with Crippen molar-refractivity contribution in [2.24, 2.45) is 4.99 Å². The van der Waals surface area contributed by atoms with Gasteiger partial charge < -0.3 is 0 Å². The van der Waals surface area contributed by atoms with E-state index in [0.717, 1.165) is 17.0 Å². The molecular weight excluding hydrogens is 274 g/mol. The van der Waals surface area contributed by atoms with Gasteiger partial charge in [-0.2, -0.15) is 0 Å². The van der Waals surface area contributed by atoms with Gasteiger partial charge in [0.25, 0.3) is 5.91 Å². The minimum atomic E-state index is -0.111. The molecule has 2 aliphatic heterocycles. The third kappa shape index (κ3) is 1.73. The normalized spacial score (nSPS) is 15.4. The molecule has 2 aromatic rings. The van der Waals surface area contributed by atoms with Crippen LogP contribution in [0.5, 0.6) is 0 Å². The van der Waals surface area contributed by atoms with Crippen LogP contribution in [0.15, 0.2) is 53.5 Å². The van der Waals surface area contributed by atoms with Gasteiger partial charge in [-0.15, -0.1) is 6.42 Å². The van der Waals surface area contributed by atoms with E-state index in [-0.39, 0.29) is 12.5 Å². The van der Waals surface area contributed by atoms with Crippen LogP contribution in [-0.4, -0.2) is 28.3 Å². The van der Waals surface area contributed by atoms with Crippen molar-refractivity contribution in [3.8, 4) is 12.3 Å². The number of benzene rings is 2. The summed E-state index contributed by atoms with van der Waals surface area (Å²) in [6, 6.07) is 15.4. The van der Waals surface area contributed by atoms with Gasteiger partial charge in [0.15, 0.2) is 5.84 Å². The molecule has 2 aromatic carbocycles. The molecule has 22 heavy (non-hydrogen) atoms. The fourth-order valence-electron chi connectivity index (χ4n) is 2.93. The molecule has 0 radical (unpaired) electrons. The Balaban J connectivity index is 1.95. The highest BCUT2D eigenvalue weighted by Gasteiger charge is 2.35. The Kier molecular flexibility index (Phi) is 2.73. The lowest BCUT2D eigenvalue weighted by Crippen LogP contribution is -2.46. The second-order valence-electron chi connectivity index (χ2n) is 5.23. The van der Waals surface area contributed by atoms with Gasteiger partial charge >= 0.3 is 0 Å². The first kappa shape index (κ1) is 12.7. The second-order valence-corrected chi connectivity index (χ2v) is 5.23. The number of terminal acetylenes is 1. The summed E-state index contributed by atoms with van der Waals surface area (Å²) in [7, 11) is 0. The number of hydrogen-bond donors (Lipinski definition) is 0. The average Bonchev–Trinajstić information content (AvgIpc) is 2.86. The molecule has 4 nitrogen and oxygen atoms in total. The highest BCUT2D eigenvalue weighted by molar-refractivity contribution is 6.09. The largest absolute Gasteiger partial charge is 0.275 e. The summed E-state index contributed by atoms with van der Waals surface area (Å²) < 4.78 is 0. The van der Waals surface area contributed by atoms with Gasteiger partial charge in [-0.25, -0.2) is 10.0 Å².